The third-order valence-corrected chi connectivity index (χ3v) is 6.39. The van der Waals surface area contributed by atoms with Gasteiger partial charge in [-0.3, -0.25) is 4.72 Å². The monoisotopic (exact) mass is 363 g/mol. The van der Waals surface area contributed by atoms with Crippen LogP contribution in [0.25, 0.3) is 0 Å². The van der Waals surface area contributed by atoms with Gasteiger partial charge in [0, 0.05) is 0 Å². The van der Waals surface area contributed by atoms with Gasteiger partial charge in [-0.2, -0.15) is 0 Å². The van der Waals surface area contributed by atoms with E-state index in [0.29, 0.717) is 5.56 Å². The Bertz CT molecular complexity index is 686. The zero-order chi connectivity index (χ0) is 14.2. The van der Waals surface area contributed by atoms with Crippen LogP contribution in [-0.2, 0) is 10.0 Å². The van der Waals surface area contributed by atoms with Gasteiger partial charge in [0.25, 0.3) is 10.0 Å². The number of sulfonamides is 1. The lowest BCUT2D eigenvalue weighted by atomic mass is 10.2. The summed E-state index contributed by atoms with van der Waals surface area (Å²) in [6.45, 7) is 3.51. The second-order valence-electron chi connectivity index (χ2n) is 4.14. The van der Waals surface area contributed by atoms with Gasteiger partial charge in [0.2, 0.25) is 0 Å². The third-order valence-electron chi connectivity index (χ3n) is 2.39. The highest BCUT2D eigenvalue weighted by Gasteiger charge is 2.18. The van der Waals surface area contributed by atoms with E-state index in [1.54, 1.807) is 19.1 Å². The molecule has 0 atom stereocenters. The topological polar surface area (TPSA) is 46.2 Å². The predicted octanol–water partition coefficient (Wildman–Crippen LogP) is 4.07. The molecule has 0 aliphatic heterocycles. The molecule has 0 bridgehead atoms. The number of thiophene rings is 1. The fourth-order valence-electron chi connectivity index (χ4n) is 1.56. The fraction of sp³-hybridized carbons (Fsp3) is 0.167. The molecule has 0 radical (unpaired) electrons. The summed E-state index contributed by atoms with van der Waals surface area (Å²) < 4.78 is 40.9. The molecule has 1 N–H and O–H groups in total. The number of aryl methyl sites for hydroxylation is 2. The highest BCUT2D eigenvalue weighted by Crippen LogP contribution is 2.31. The van der Waals surface area contributed by atoms with Gasteiger partial charge in [-0.05, 0) is 65.2 Å². The molecule has 0 aliphatic carbocycles. The Labute approximate surface area is 123 Å². The van der Waals surface area contributed by atoms with E-state index in [1.165, 1.54) is 6.07 Å². The first-order chi connectivity index (χ1) is 8.78. The van der Waals surface area contributed by atoms with Gasteiger partial charge in [-0.15, -0.1) is 11.3 Å². The van der Waals surface area contributed by atoms with Crippen LogP contribution in [0.5, 0.6) is 0 Å². The second kappa shape index (κ2) is 5.22. The van der Waals surface area contributed by atoms with Gasteiger partial charge in [-0.25, -0.2) is 12.8 Å². The molecule has 1 heterocycles. The third kappa shape index (κ3) is 3.34. The minimum Gasteiger partial charge on any atom is -0.279 e. The molecule has 0 spiro atoms. The molecule has 0 fully saturated rings. The van der Waals surface area contributed by atoms with E-state index >= 15 is 0 Å². The molecule has 3 nitrogen and oxygen atoms in total. The number of hydrogen-bond donors (Lipinski definition) is 1. The number of hydrogen-bond acceptors (Lipinski definition) is 3. The summed E-state index contributed by atoms with van der Waals surface area (Å²) >= 11 is 4.40. The maximum Gasteiger partial charge on any atom is 0.271 e. The molecule has 0 aliphatic rings. The van der Waals surface area contributed by atoms with Gasteiger partial charge in [0.1, 0.15) is 10.0 Å². The molecular weight excluding hydrogens is 353 g/mol. The van der Waals surface area contributed by atoms with Crippen LogP contribution >= 0.6 is 27.3 Å². The highest BCUT2D eigenvalue weighted by atomic mass is 79.9. The Kier molecular flexibility index (Phi) is 3.98. The van der Waals surface area contributed by atoms with E-state index in [1.807, 2.05) is 6.92 Å². The maximum absolute atomic E-state index is 13.2. The van der Waals surface area contributed by atoms with E-state index < -0.39 is 15.8 Å². The molecule has 1 aromatic carbocycles. The SMILES string of the molecule is Cc1cc(F)cc(NS(=O)(=O)c2cc(C)c(Br)s2)c1. The van der Waals surface area contributed by atoms with Crippen molar-refractivity contribution in [2.45, 2.75) is 18.1 Å². The molecule has 2 aromatic rings. The van der Waals surface area contributed by atoms with Crippen LogP contribution in [0.15, 0.2) is 32.3 Å². The van der Waals surface area contributed by atoms with Crippen molar-refractivity contribution in [1.29, 1.82) is 0 Å². The maximum atomic E-state index is 13.2. The molecule has 0 saturated carbocycles. The van der Waals surface area contributed by atoms with Gasteiger partial charge in [0.05, 0.1) is 9.47 Å². The van der Waals surface area contributed by atoms with Crippen molar-refractivity contribution >= 4 is 43.0 Å². The quantitative estimate of drug-likeness (QED) is 0.893. The molecule has 2 rings (SSSR count). The van der Waals surface area contributed by atoms with Gasteiger partial charge < -0.3 is 0 Å². The normalized spacial score (nSPS) is 11.6. The Morgan fingerprint density at radius 2 is 1.89 bits per heavy atom. The van der Waals surface area contributed by atoms with Crippen LogP contribution in [0, 0.1) is 19.7 Å². The first-order valence-electron chi connectivity index (χ1n) is 5.34. The minimum atomic E-state index is -3.68. The second-order valence-corrected chi connectivity index (χ2v) is 8.42. The number of rotatable bonds is 3. The van der Waals surface area contributed by atoms with Crippen molar-refractivity contribution in [2.75, 3.05) is 4.72 Å². The van der Waals surface area contributed by atoms with Gasteiger partial charge in [0.15, 0.2) is 0 Å². The first kappa shape index (κ1) is 14.5. The molecular formula is C12H11BrFNO2S2. The van der Waals surface area contributed by atoms with Crippen molar-refractivity contribution in [3.8, 4) is 0 Å². The average molecular weight is 364 g/mol. The molecule has 0 saturated heterocycles. The summed E-state index contributed by atoms with van der Waals surface area (Å²) in [7, 11) is -3.68. The molecule has 0 amide bonds. The molecule has 0 unspecified atom stereocenters. The van der Waals surface area contributed by atoms with Crippen LogP contribution in [0.1, 0.15) is 11.1 Å². The minimum absolute atomic E-state index is 0.193. The lowest BCUT2D eigenvalue weighted by molar-refractivity contribution is 0.603. The number of halogens is 2. The van der Waals surface area contributed by atoms with Crippen molar-refractivity contribution in [1.82, 2.24) is 0 Å². The van der Waals surface area contributed by atoms with Crippen molar-refractivity contribution < 1.29 is 12.8 Å². The summed E-state index contributed by atoms with van der Waals surface area (Å²) in [6.07, 6.45) is 0. The van der Waals surface area contributed by atoms with Crippen molar-refractivity contribution in [2.24, 2.45) is 0 Å². The van der Waals surface area contributed by atoms with E-state index in [9.17, 15) is 12.8 Å². The highest BCUT2D eigenvalue weighted by molar-refractivity contribution is 9.11. The summed E-state index contributed by atoms with van der Waals surface area (Å²) in [6, 6.07) is 5.64. The predicted molar refractivity (Wildman–Crippen MR) is 78.7 cm³/mol. The average Bonchev–Trinajstić information content (AvgIpc) is 2.57. The summed E-state index contributed by atoms with van der Waals surface area (Å²) in [5.41, 5.74) is 1.72. The van der Waals surface area contributed by atoms with Crippen LogP contribution < -0.4 is 4.72 Å². The smallest absolute Gasteiger partial charge is 0.271 e. The molecule has 7 heteroatoms. The van der Waals surface area contributed by atoms with E-state index in [4.69, 9.17) is 0 Å². The summed E-state index contributed by atoms with van der Waals surface area (Å²) in [4.78, 5) is 0. The summed E-state index contributed by atoms with van der Waals surface area (Å²) in [5, 5.41) is 0. The zero-order valence-electron chi connectivity index (χ0n) is 10.2. The van der Waals surface area contributed by atoms with Gasteiger partial charge >= 0.3 is 0 Å². The molecule has 1 aromatic heterocycles. The van der Waals surface area contributed by atoms with Crippen LogP contribution in [0.4, 0.5) is 10.1 Å². The lowest BCUT2D eigenvalue weighted by Gasteiger charge is -2.07. The van der Waals surface area contributed by atoms with E-state index in [-0.39, 0.29) is 9.90 Å². The Balaban J connectivity index is 2.36. The number of anilines is 1. The van der Waals surface area contributed by atoms with Crippen LogP contribution in [0.3, 0.4) is 0 Å². The summed E-state index contributed by atoms with van der Waals surface area (Å²) in [5.74, 6) is -0.471. The Morgan fingerprint density at radius 3 is 2.42 bits per heavy atom. The number of benzene rings is 1. The Morgan fingerprint density at radius 1 is 1.21 bits per heavy atom. The molecule has 19 heavy (non-hydrogen) atoms. The van der Waals surface area contributed by atoms with Gasteiger partial charge in [-0.1, -0.05) is 0 Å². The lowest BCUT2D eigenvalue weighted by Crippen LogP contribution is -2.11. The largest absolute Gasteiger partial charge is 0.279 e. The Hall–Kier alpha value is -0.920. The van der Waals surface area contributed by atoms with Crippen LogP contribution in [-0.4, -0.2) is 8.42 Å². The van der Waals surface area contributed by atoms with E-state index in [0.717, 1.165) is 26.8 Å². The van der Waals surface area contributed by atoms with Crippen molar-refractivity contribution in [3.63, 3.8) is 0 Å². The number of nitrogens with one attached hydrogen (secondary N) is 1. The fourth-order valence-corrected chi connectivity index (χ4v) is 4.83. The standard InChI is InChI=1S/C12H11BrFNO2S2/c1-7-3-9(14)6-10(4-7)15-19(16,17)11-5-8(2)12(13)18-11/h3-6,15H,1-2H3. The van der Waals surface area contributed by atoms with Crippen molar-refractivity contribution in [3.05, 3.63) is 45.0 Å². The first-order valence-corrected chi connectivity index (χ1v) is 8.43. The molecule has 102 valence electrons. The zero-order valence-corrected chi connectivity index (χ0v) is 13.4. The van der Waals surface area contributed by atoms with Crippen LogP contribution in [0.2, 0.25) is 0 Å². The van der Waals surface area contributed by atoms with E-state index in [2.05, 4.69) is 20.7 Å².